The van der Waals surface area contributed by atoms with E-state index in [9.17, 15) is 9.59 Å². The molecule has 6 heteroatoms. The standard InChI is InChI=1S/C14H9N3O3/c15-8-9-3-1-4-10(7-9)16-13(18)11-5-2-6-12(17-11)14(19)20/h1-7H,(H,16,18)(H,19,20). The highest BCUT2D eigenvalue weighted by molar-refractivity contribution is 6.03. The first-order valence-corrected chi connectivity index (χ1v) is 5.62. The SMILES string of the molecule is N#Cc1cccc(NC(=O)c2cccc(C(=O)O)n2)c1. The van der Waals surface area contributed by atoms with Gasteiger partial charge < -0.3 is 10.4 Å². The lowest BCUT2D eigenvalue weighted by atomic mass is 10.2. The first-order valence-electron chi connectivity index (χ1n) is 5.62. The lowest BCUT2D eigenvalue weighted by Crippen LogP contribution is -2.15. The van der Waals surface area contributed by atoms with Crippen molar-refractivity contribution < 1.29 is 14.7 Å². The Balaban J connectivity index is 2.22. The molecule has 0 unspecified atom stereocenters. The van der Waals surface area contributed by atoms with Crippen LogP contribution < -0.4 is 5.32 Å². The number of aromatic carboxylic acids is 1. The van der Waals surface area contributed by atoms with E-state index in [0.29, 0.717) is 11.3 Å². The van der Waals surface area contributed by atoms with Crippen molar-refractivity contribution in [3.8, 4) is 6.07 Å². The first-order chi connectivity index (χ1) is 9.60. The second kappa shape index (κ2) is 5.63. The Labute approximate surface area is 114 Å². The minimum Gasteiger partial charge on any atom is -0.477 e. The second-order valence-corrected chi connectivity index (χ2v) is 3.86. The molecule has 1 aromatic carbocycles. The number of benzene rings is 1. The molecule has 0 saturated carbocycles. The van der Waals surface area contributed by atoms with Gasteiger partial charge in [0, 0.05) is 5.69 Å². The Bertz CT molecular complexity index is 720. The van der Waals surface area contributed by atoms with Crippen LogP contribution in [0.2, 0.25) is 0 Å². The molecule has 0 atom stereocenters. The van der Waals surface area contributed by atoms with Crippen LogP contribution in [-0.2, 0) is 0 Å². The summed E-state index contributed by atoms with van der Waals surface area (Å²) in [6, 6.07) is 12.5. The van der Waals surface area contributed by atoms with Crippen LogP contribution in [0.25, 0.3) is 0 Å². The number of carboxylic acid groups (broad SMARTS) is 1. The minimum atomic E-state index is -1.20. The van der Waals surface area contributed by atoms with Gasteiger partial charge in [-0.3, -0.25) is 4.79 Å². The molecule has 1 heterocycles. The molecule has 0 radical (unpaired) electrons. The van der Waals surface area contributed by atoms with Crippen LogP contribution in [-0.4, -0.2) is 22.0 Å². The Morgan fingerprint density at radius 1 is 1.15 bits per heavy atom. The van der Waals surface area contributed by atoms with Gasteiger partial charge in [-0.1, -0.05) is 12.1 Å². The topological polar surface area (TPSA) is 103 Å². The molecular formula is C14H9N3O3. The third kappa shape index (κ3) is 2.97. The maximum Gasteiger partial charge on any atom is 0.354 e. The number of aromatic nitrogens is 1. The van der Waals surface area contributed by atoms with Crippen LogP contribution in [0.1, 0.15) is 26.5 Å². The van der Waals surface area contributed by atoms with Gasteiger partial charge in [-0.25, -0.2) is 9.78 Å². The third-order valence-electron chi connectivity index (χ3n) is 2.45. The molecule has 98 valence electrons. The van der Waals surface area contributed by atoms with Crippen molar-refractivity contribution in [2.45, 2.75) is 0 Å². The Kier molecular flexibility index (Phi) is 3.72. The summed E-state index contributed by atoms with van der Waals surface area (Å²) in [7, 11) is 0. The van der Waals surface area contributed by atoms with E-state index in [-0.39, 0.29) is 11.4 Å². The number of rotatable bonds is 3. The van der Waals surface area contributed by atoms with Gasteiger partial charge in [0.05, 0.1) is 11.6 Å². The molecule has 20 heavy (non-hydrogen) atoms. The number of nitrogens with zero attached hydrogens (tertiary/aromatic N) is 2. The molecule has 6 nitrogen and oxygen atoms in total. The van der Waals surface area contributed by atoms with Gasteiger partial charge in [0.1, 0.15) is 11.4 Å². The van der Waals surface area contributed by atoms with Crippen molar-refractivity contribution in [2.24, 2.45) is 0 Å². The van der Waals surface area contributed by atoms with E-state index in [2.05, 4.69) is 10.3 Å². The van der Waals surface area contributed by atoms with E-state index >= 15 is 0 Å². The number of pyridine rings is 1. The third-order valence-corrected chi connectivity index (χ3v) is 2.45. The van der Waals surface area contributed by atoms with Crippen LogP contribution in [0, 0.1) is 11.3 Å². The Hall–Kier alpha value is -3.20. The maximum absolute atomic E-state index is 11.9. The lowest BCUT2D eigenvalue weighted by Gasteiger charge is -2.05. The monoisotopic (exact) mass is 267 g/mol. The molecule has 2 N–H and O–H groups in total. The molecule has 0 spiro atoms. The summed E-state index contributed by atoms with van der Waals surface area (Å²) in [6.07, 6.45) is 0. The zero-order chi connectivity index (χ0) is 14.5. The van der Waals surface area contributed by atoms with E-state index in [1.54, 1.807) is 18.2 Å². The van der Waals surface area contributed by atoms with Gasteiger partial charge in [0.15, 0.2) is 0 Å². The highest BCUT2D eigenvalue weighted by atomic mass is 16.4. The summed E-state index contributed by atoms with van der Waals surface area (Å²) in [5.41, 5.74) is 0.641. The van der Waals surface area contributed by atoms with Crippen molar-refractivity contribution in [1.82, 2.24) is 4.98 Å². The summed E-state index contributed by atoms with van der Waals surface area (Å²) < 4.78 is 0. The zero-order valence-electron chi connectivity index (χ0n) is 10.2. The summed E-state index contributed by atoms with van der Waals surface area (Å²) in [4.78, 5) is 26.5. The highest BCUT2D eigenvalue weighted by Crippen LogP contribution is 2.11. The smallest absolute Gasteiger partial charge is 0.354 e. The fourth-order valence-corrected chi connectivity index (χ4v) is 1.54. The van der Waals surface area contributed by atoms with Gasteiger partial charge >= 0.3 is 5.97 Å². The fourth-order valence-electron chi connectivity index (χ4n) is 1.54. The average Bonchev–Trinajstić information content (AvgIpc) is 2.47. The van der Waals surface area contributed by atoms with Crippen molar-refractivity contribution in [3.63, 3.8) is 0 Å². The summed E-state index contributed by atoms with van der Waals surface area (Å²) in [5.74, 6) is -1.74. The lowest BCUT2D eigenvalue weighted by molar-refractivity contribution is 0.0690. The van der Waals surface area contributed by atoms with E-state index in [1.807, 2.05) is 6.07 Å². The molecule has 2 aromatic rings. The van der Waals surface area contributed by atoms with Gasteiger partial charge in [-0.2, -0.15) is 5.26 Å². The van der Waals surface area contributed by atoms with Crippen molar-refractivity contribution in [1.29, 1.82) is 5.26 Å². The first kappa shape index (κ1) is 13.2. The molecule has 1 aromatic heterocycles. The summed E-state index contributed by atoms with van der Waals surface area (Å²) >= 11 is 0. The van der Waals surface area contributed by atoms with Gasteiger partial charge in [0.25, 0.3) is 5.91 Å². The predicted octanol–water partition coefficient (Wildman–Crippen LogP) is 1.90. The highest BCUT2D eigenvalue weighted by Gasteiger charge is 2.11. The van der Waals surface area contributed by atoms with Crippen LogP contribution in [0.3, 0.4) is 0 Å². The number of carboxylic acids is 1. The number of hydrogen-bond acceptors (Lipinski definition) is 4. The maximum atomic E-state index is 11.9. The quantitative estimate of drug-likeness (QED) is 0.884. The predicted molar refractivity (Wildman–Crippen MR) is 70.3 cm³/mol. The van der Waals surface area contributed by atoms with E-state index in [1.165, 1.54) is 24.3 Å². The van der Waals surface area contributed by atoms with Crippen molar-refractivity contribution in [3.05, 3.63) is 59.4 Å². The van der Waals surface area contributed by atoms with Gasteiger partial charge in [-0.05, 0) is 30.3 Å². The van der Waals surface area contributed by atoms with E-state index in [4.69, 9.17) is 10.4 Å². The minimum absolute atomic E-state index is 0.00717. The number of anilines is 1. The molecule has 0 aliphatic carbocycles. The summed E-state index contributed by atoms with van der Waals surface area (Å²) in [6.45, 7) is 0. The van der Waals surface area contributed by atoms with Crippen molar-refractivity contribution in [2.75, 3.05) is 5.32 Å². The largest absolute Gasteiger partial charge is 0.477 e. The second-order valence-electron chi connectivity index (χ2n) is 3.86. The van der Waals surface area contributed by atoms with Crippen molar-refractivity contribution >= 4 is 17.6 Å². The average molecular weight is 267 g/mol. The van der Waals surface area contributed by atoms with Crippen LogP contribution >= 0.6 is 0 Å². The number of carbonyl (C=O) groups excluding carboxylic acids is 1. The molecule has 0 aliphatic heterocycles. The molecule has 2 rings (SSSR count). The molecular weight excluding hydrogens is 258 g/mol. The van der Waals surface area contributed by atoms with Crippen LogP contribution in [0.15, 0.2) is 42.5 Å². The Morgan fingerprint density at radius 2 is 1.85 bits per heavy atom. The Morgan fingerprint density at radius 3 is 2.55 bits per heavy atom. The van der Waals surface area contributed by atoms with Crippen LogP contribution in [0.5, 0.6) is 0 Å². The van der Waals surface area contributed by atoms with Gasteiger partial charge in [0.2, 0.25) is 0 Å². The van der Waals surface area contributed by atoms with E-state index < -0.39 is 11.9 Å². The van der Waals surface area contributed by atoms with Gasteiger partial charge in [-0.15, -0.1) is 0 Å². The van der Waals surface area contributed by atoms with E-state index in [0.717, 1.165) is 0 Å². The molecule has 0 saturated heterocycles. The normalized spacial score (nSPS) is 9.55. The number of nitriles is 1. The zero-order valence-corrected chi connectivity index (χ0v) is 10.2. The molecule has 0 bridgehead atoms. The fraction of sp³-hybridized carbons (Fsp3) is 0. The molecule has 1 amide bonds. The number of amides is 1. The summed E-state index contributed by atoms with van der Waals surface area (Å²) in [5, 5.41) is 20.1. The molecule has 0 fully saturated rings. The molecule has 0 aliphatic rings. The number of carbonyl (C=O) groups is 2. The number of nitrogens with one attached hydrogen (secondary N) is 1. The van der Waals surface area contributed by atoms with Crippen LogP contribution in [0.4, 0.5) is 5.69 Å². The number of hydrogen-bond donors (Lipinski definition) is 2.